The van der Waals surface area contributed by atoms with E-state index >= 15 is 0 Å². The van der Waals surface area contributed by atoms with Gasteiger partial charge in [0.1, 0.15) is 5.82 Å². The van der Waals surface area contributed by atoms with Crippen LogP contribution in [0.5, 0.6) is 0 Å². The lowest BCUT2D eigenvalue weighted by molar-refractivity contribution is 0.628. The van der Waals surface area contributed by atoms with Crippen molar-refractivity contribution in [3.05, 3.63) is 92.8 Å². The highest BCUT2D eigenvalue weighted by Gasteiger charge is 2.12. The number of nitrogens with zero attached hydrogens (tertiary/aromatic N) is 2. The van der Waals surface area contributed by atoms with Crippen molar-refractivity contribution >= 4 is 40.7 Å². The van der Waals surface area contributed by atoms with Gasteiger partial charge in [0.05, 0.1) is 10.6 Å². The van der Waals surface area contributed by atoms with Gasteiger partial charge in [-0.1, -0.05) is 23.9 Å². The molecule has 0 atom stereocenters. The number of H-pyrrole nitrogens is 1. The molecule has 0 aliphatic heterocycles. The molecule has 0 saturated heterocycles. The van der Waals surface area contributed by atoms with Crippen LogP contribution in [0.4, 0.5) is 10.1 Å². The van der Waals surface area contributed by atoms with E-state index in [1.807, 2.05) is 37.3 Å². The van der Waals surface area contributed by atoms with Gasteiger partial charge in [-0.05, 0) is 79.9 Å². The maximum absolute atomic E-state index is 13.1. The van der Waals surface area contributed by atoms with Gasteiger partial charge in [0.15, 0.2) is 5.16 Å². The number of rotatable bonds is 7. The van der Waals surface area contributed by atoms with E-state index in [4.69, 9.17) is 4.98 Å². The first-order valence-electron chi connectivity index (χ1n) is 9.96. The summed E-state index contributed by atoms with van der Waals surface area (Å²) in [5.74, 6) is 0.462. The van der Waals surface area contributed by atoms with Crippen LogP contribution in [0.25, 0.3) is 10.6 Å². The average Bonchev–Trinajstić information content (AvgIpc) is 3.22. The highest BCUT2D eigenvalue weighted by molar-refractivity contribution is 8.00. The van der Waals surface area contributed by atoms with Crippen molar-refractivity contribution in [1.29, 1.82) is 0 Å². The number of aromatic amines is 1. The number of aryl methyl sites for hydroxylation is 1. The maximum Gasteiger partial charge on any atom is 0.255 e. The van der Waals surface area contributed by atoms with Crippen LogP contribution in [0.2, 0.25) is 0 Å². The molecule has 0 aliphatic rings. The lowest BCUT2D eigenvalue weighted by Gasteiger charge is -2.17. The second-order valence-electron chi connectivity index (χ2n) is 7.25. The van der Waals surface area contributed by atoms with E-state index in [1.54, 1.807) is 35.4 Å². The molecule has 2 aromatic carbocycles. The number of nitrogens with one attached hydrogen (secondary N) is 1. The molecule has 4 nitrogen and oxygen atoms in total. The van der Waals surface area contributed by atoms with Crippen LogP contribution >= 0.6 is 35.0 Å². The summed E-state index contributed by atoms with van der Waals surface area (Å²) in [7, 11) is 1.95. The molecule has 2 heterocycles. The fourth-order valence-corrected chi connectivity index (χ4v) is 5.57. The van der Waals surface area contributed by atoms with Crippen LogP contribution in [0.15, 0.2) is 75.5 Å². The van der Waals surface area contributed by atoms with Gasteiger partial charge in [-0.25, -0.2) is 9.37 Å². The van der Waals surface area contributed by atoms with Crippen LogP contribution in [-0.2, 0) is 5.75 Å². The third-order valence-corrected chi connectivity index (χ3v) is 7.75. The Kier molecular flexibility index (Phi) is 7.03. The number of halogens is 1. The summed E-state index contributed by atoms with van der Waals surface area (Å²) in [6, 6.07) is 18.8. The van der Waals surface area contributed by atoms with Crippen LogP contribution in [0.1, 0.15) is 16.0 Å². The molecule has 2 aromatic heterocycles. The lowest BCUT2D eigenvalue weighted by Crippen LogP contribution is -2.13. The summed E-state index contributed by atoms with van der Waals surface area (Å²) in [4.78, 5) is 23.3. The first-order chi connectivity index (χ1) is 15.4. The topological polar surface area (TPSA) is 49.0 Å². The van der Waals surface area contributed by atoms with Gasteiger partial charge >= 0.3 is 0 Å². The molecule has 0 saturated carbocycles. The Bertz CT molecular complexity index is 1270. The molecule has 4 rings (SSSR count). The van der Waals surface area contributed by atoms with E-state index < -0.39 is 0 Å². The van der Waals surface area contributed by atoms with Crippen molar-refractivity contribution in [2.24, 2.45) is 0 Å². The SMILES string of the molecule is Cc1ccc(-c2nc(SCc3ccc(SN(C)c4ccc(F)cc4)cc3)[nH]c(=O)c2C)s1. The molecule has 0 amide bonds. The predicted octanol–water partition coefficient (Wildman–Crippen LogP) is 6.69. The van der Waals surface area contributed by atoms with E-state index in [2.05, 4.69) is 29.2 Å². The summed E-state index contributed by atoms with van der Waals surface area (Å²) in [6.07, 6.45) is 0. The molecule has 0 unspecified atom stereocenters. The van der Waals surface area contributed by atoms with Gasteiger partial charge in [0.25, 0.3) is 5.56 Å². The Hall–Kier alpha value is -2.55. The number of benzene rings is 2. The van der Waals surface area contributed by atoms with E-state index in [9.17, 15) is 9.18 Å². The van der Waals surface area contributed by atoms with E-state index in [-0.39, 0.29) is 11.4 Å². The van der Waals surface area contributed by atoms with Gasteiger partial charge in [-0.15, -0.1) is 11.3 Å². The van der Waals surface area contributed by atoms with E-state index in [1.165, 1.54) is 28.8 Å². The minimum atomic E-state index is -0.240. The van der Waals surface area contributed by atoms with Crippen molar-refractivity contribution in [3.8, 4) is 10.6 Å². The molecule has 0 fully saturated rings. The minimum Gasteiger partial charge on any atom is -0.315 e. The third kappa shape index (κ3) is 5.43. The molecule has 4 aromatic rings. The Morgan fingerprint density at radius 3 is 2.41 bits per heavy atom. The quantitative estimate of drug-likeness (QED) is 0.180. The summed E-state index contributed by atoms with van der Waals surface area (Å²) >= 11 is 4.73. The van der Waals surface area contributed by atoms with Crippen molar-refractivity contribution in [2.75, 3.05) is 11.4 Å². The highest BCUT2D eigenvalue weighted by Crippen LogP contribution is 2.30. The van der Waals surface area contributed by atoms with Crippen molar-refractivity contribution in [2.45, 2.75) is 29.7 Å². The number of anilines is 1. The number of hydrogen-bond donors (Lipinski definition) is 1. The zero-order valence-electron chi connectivity index (χ0n) is 17.9. The van der Waals surface area contributed by atoms with Crippen LogP contribution in [0, 0.1) is 19.7 Å². The third-order valence-electron chi connectivity index (χ3n) is 4.83. The number of hydrogen-bond acceptors (Lipinski definition) is 6. The van der Waals surface area contributed by atoms with Crippen molar-refractivity contribution in [3.63, 3.8) is 0 Å². The molecule has 164 valence electrons. The molecule has 0 aliphatic carbocycles. The van der Waals surface area contributed by atoms with Gasteiger partial charge < -0.3 is 9.29 Å². The largest absolute Gasteiger partial charge is 0.315 e. The minimum absolute atomic E-state index is 0.0980. The fraction of sp³-hybridized carbons (Fsp3) is 0.167. The highest BCUT2D eigenvalue weighted by atomic mass is 32.2. The van der Waals surface area contributed by atoms with Crippen LogP contribution in [-0.4, -0.2) is 17.0 Å². The van der Waals surface area contributed by atoms with Gasteiger partial charge in [0, 0.05) is 33.8 Å². The fourth-order valence-electron chi connectivity index (χ4n) is 3.04. The van der Waals surface area contributed by atoms with Gasteiger partial charge in [-0.2, -0.15) is 0 Å². The molecular formula is C24H22FN3OS3. The standard InChI is InChI=1S/C24H22FN3OS3/c1-15-4-13-21(31-15)22-16(2)23(29)27-24(26-22)30-14-17-5-11-20(12-6-17)32-28(3)19-9-7-18(25)8-10-19/h4-13H,14H2,1-3H3,(H,26,27,29). The summed E-state index contributed by atoms with van der Waals surface area (Å²) in [5.41, 5.74) is 3.37. The molecule has 0 spiro atoms. The zero-order chi connectivity index (χ0) is 22.7. The molecule has 0 radical (unpaired) electrons. The normalized spacial score (nSPS) is 11.0. The van der Waals surface area contributed by atoms with E-state index in [0.29, 0.717) is 16.5 Å². The summed E-state index contributed by atoms with van der Waals surface area (Å²) < 4.78 is 15.1. The summed E-state index contributed by atoms with van der Waals surface area (Å²) in [6.45, 7) is 3.86. The monoisotopic (exact) mass is 483 g/mol. The molecule has 8 heteroatoms. The second kappa shape index (κ2) is 9.94. The second-order valence-corrected chi connectivity index (χ2v) is 10.7. The van der Waals surface area contributed by atoms with Crippen molar-refractivity contribution in [1.82, 2.24) is 9.97 Å². The van der Waals surface area contributed by atoms with Crippen molar-refractivity contribution < 1.29 is 4.39 Å². The first-order valence-corrected chi connectivity index (χ1v) is 12.5. The Labute approximate surface area is 199 Å². The number of thioether (sulfide) groups is 1. The van der Waals surface area contributed by atoms with Gasteiger partial charge in [0.2, 0.25) is 0 Å². The lowest BCUT2D eigenvalue weighted by atomic mass is 10.2. The smallest absolute Gasteiger partial charge is 0.255 e. The summed E-state index contributed by atoms with van der Waals surface area (Å²) in [5, 5.41) is 0.621. The Balaban J connectivity index is 1.41. The predicted molar refractivity (Wildman–Crippen MR) is 134 cm³/mol. The average molecular weight is 484 g/mol. The Morgan fingerprint density at radius 2 is 1.75 bits per heavy atom. The van der Waals surface area contributed by atoms with Crippen LogP contribution in [0.3, 0.4) is 0 Å². The number of thiophene rings is 1. The molecule has 0 bridgehead atoms. The maximum atomic E-state index is 13.1. The molecule has 32 heavy (non-hydrogen) atoms. The van der Waals surface area contributed by atoms with Gasteiger partial charge in [-0.3, -0.25) is 4.79 Å². The Morgan fingerprint density at radius 1 is 1.03 bits per heavy atom. The van der Waals surface area contributed by atoms with Crippen LogP contribution < -0.4 is 9.86 Å². The number of aromatic nitrogens is 2. The van der Waals surface area contributed by atoms with E-state index in [0.717, 1.165) is 26.7 Å². The molecule has 1 N–H and O–H groups in total. The zero-order valence-corrected chi connectivity index (χ0v) is 20.3. The first kappa shape index (κ1) is 22.6. The molecular weight excluding hydrogens is 461 g/mol.